The quantitative estimate of drug-likeness (QED) is 0.726. The highest BCUT2D eigenvalue weighted by molar-refractivity contribution is 7.13. The molecule has 27 heavy (non-hydrogen) atoms. The molecule has 142 valence electrons. The number of aliphatic hydroxyl groups is 1. The molecule has 0 spiro atoms. The van der Waals surface area contributed by atoms with Crippen molar-refractivity contribution in [3.05, 3.63) is 53.1 Å². The third kappa shape index (κ3) is 3.44. The number of aryl methyl sites for hydroxylation is 1. The highest BCUT2D eigenvalue weighted by atomic mass is 32.1. The van der Waals surface area contributed by atoms with E-state index >= 15 is 0 Å². The highest BCUT2D eigenvalue weighted by Gasteiger charge is 2.33. The number of likely N-dealkylation sites (tertiary alicyclic amines) is 1. The van der Waals surface area contributed by atoms with E-state index < -0.39 is 6.10 Å². The van der Waals surface area contributed by atoms with Crippen LogP contribution in [-0.2, 0) is 7.05 Å². The number of hydrogen-bond donors (Lipinski definition) is 1. The standard InChI is InChI=1S/C20H23N3O3S/c1-13-7-8-16(22(13)2)19-21-15(12-27-19)20(25)23-9-3-5-14(23)11-17(24)18-6-4-10-26-18/h4,6-8,10,12,14,17,24H,3,5,9,11H2,1-2H3/t14-,17-/m0/s1. The first-order chi connectivity index (χ1) is 13.0. The number of carbonyl (C=O) groups excluding carboxylic acids is 1. The summed E-state index contributed by atoms with van der Waals surface area (Å²) in [5.74, 6) is 0.488. The average Bonchev–Trinajstić information content (AvgIpc) is 3.43. The van der Waals surface area contributed by atoms with Crippen LogP contribution >= 0.6 is 11.3 Å². The van der Waals surface area contributed by atoms with Crippen LogP contribution < -0.4 is 0 Å². The minimum absolute atomic E-state index is 0.0000286. The van der Waals surface area contributed by atoms with Crippen molar-refractivity contribution < 1.29 is 14.3 Å². The lowest BCUT2D eigenvalue weighted by atomic mass is 10.0. The van der Waals surface area contributed by atoms with Crippen molar-refractivity contribution in [1.29, 1.82) is 0 Å². The monoisotopic (exact) mass is 385 g/mol. The zero-order valence-corrected chi connectivity index (χ0v) is 16.3. The van der Waals surface area contributed by atoms with Crippen molar-refractivity contribution in [2.24, 2.45) is 7.05 Å². The van der Waals surface area contributed by atoms with E-state index in [9.17, 15) is 9.90 Å². The fraction of sp³-hybridized carbons (Fsp3) is 0.400. The second-order valence-corrected chi connectivity index (χ2v) is 7.88. The van der Waals surface area contributed by atoms with Crippen LogP contribution in [-0.4, -0.2) is 38.1 Å². The lowest BCUT2D eigenvalue weighted by molar-refractivity contribution is 0.0637. The van der Waals surface area contributed by atoms with E-state index in [0.29, 0.717) is 24.4 Å². The second-order valence-electron chi connectivity index (χ2n) is 7.02. The number of aromatic nitrogens is 2. The number of aliphatic hydroxyl groups excluding tert-OH is 1. The smallest absolute Gasteiger partial charge is 0.273 e. The molecule has 1 aliphatic heterocycles. The molecule has 0 aromatic carbocycles. The molecule has 1 aliphatic rings. The van der Waals surface area contributed by atoms with Gasteiger partial charge in [0, 0.05) is 37.1 Å². The molecule has 2 atom stereocenters. The van der Waals surface area contributed by atoms with E-state index in [1.165, 1.54) is 11.3 Å². The van der Waals surface area contributed by atoms with Crippen LogP contribution in [0.2, 0.25) is 0 Å². The summed E-state index contributed by atoms with van der Waals surface area (Å²) in [7, 11) is 2.00. The molecule has 1 saturated heterocycles. The molecule has 1 fully saturated rings. The Labute approximate surface area is 162 Å². The zero-order chi connectivity index (χ0) is 19.0. The van der Waals surface area contributed by atoms with Crippen molar-refractivity contribution in [3.63, 3.8) is 0 Å². The molecule has 0 bridgehead atoms. The largest absolute Gasteiger partial charge is 0.467 e. The molecular weight excluding hydrogens is 362 g/mol. The van der Waals surface area contributed by atoms with Crippen LogP contribution in [0.5, 0.6) is 0 Å². The van der Waals surface area contributed by atoms with E-state index in [0.717, 1.165) is 29.2 Å². The van der Waals surface area contributed by atoms with Gasteiger partial charge in [-0.05, 0) is 44.0 Å². The zero-order valence-electron chi connectivity index (χ0n) is 15.5. The van der Waals surface area contributed by atoms with E-state index in [1.807, 2.05) is 36.4 Å². The predicted molar refractivity (Wildman–Crippen MR) is 104 cm³/mol. The Morgan fingerprint density at radius 1 is 1.44 bits per heavy atom. The topological polar surface area (TPSA) is 71.5 Å². The van der Waals surface area contributed by atoms with Crippen LogP contribution in [0, 0.1) is 6.92 Å². The molecule has 1 N–H and O–H groups in total. The van der Waals surface area contributed by atoms with E-state index in [1.54, 1.807) is 18.4 Å². The third-order valence-corrected chi connectivity index (χ3v) is 6.18. The van der Waals surface area contributed by atoms with Crippen molar-refractivity contribution in [2.45, 2.75) is 38.3 Å². The van der Waals surface area contributed by atoms with Gasteiger partial charge < -0.3 is 19.0 Å². The Kier molecular flexibility index (Phi) is 4.88. The van der Waals surface area contributed by atoms with Crippen molar-refractivity contribution in [2.75, 3.05) is 6.54 Å². The summed E-state index contributed by atoms with van der Waals surface area (Å²) in [6, 6.07) is 7.60. The molecule has 0 radical (unpaired) electrons. The van der Waals surface area contributed by atoms with Gasteiger partial charge in [-0.1, -0.05) is 0 Å². The lowest BCUT2D eigenvalue weighted by Crippen LogP contribution is -2.36. The van der Waals surface area contributed by atoms with Gasteiger partial charge >= 0.3 is 0 Å². The molecule has 6 nitrogen and oxygen atoms in total. The molecule has 3 aromatic heterocycles. The van der Waals surface area contributed by atoms with Crippen LogP contribution in [0.25, 0.3) is 10.7 Å². The molecule has 4 heterocycles. The number of hydrogen-bond acceptors (Lipinski definition) is 5. The van der Waals surface area contributed by atoms with Crippen molar-refractivity contribution >= 4 is 17.2 Å². The van der Waals surface area contributed by atoms with Gasteiger partial charge in [0.15, 0.2) is 0 Å². The number of thiazole rings is 1. The summed E-state index contributed by atoms with van der Waals surface area (Å²) >= 11 is 1.49. The summed E-state index contributed by atoms with van der Waals surface area (Å²) in [4.78, 5) is 19.5. The summed E-state index contributed by atoms with van der Waals surface area (Å²) in [6.07, 6.45) is 3.16. The molecule has 3 aromatic rings. The van der Waals surface area contributed by atoms with Gasteiger partial charge in [0.1, 0.15) is 22.6 Å². The maximum absolute atomic E-state index is 13.0. The Hall–Kier alpha value is -2.38. The fourth-order valence-electron chi connectivity index (χ4n) is 3.67. The number of nitrogens with zero attached hydrogens (tertiary/aromatic N) is 3. The molecule has 0 aliphatic carbocycles. The number of carbonyl (C=O) groups is 1. The summed E-state index contributed by atoms with van der Waals surface area (Å²) in [5, 5.41) is 13.1. The molecule has 4 rings (SSSR count). The van der Waals surface area contributed by atoms with Crippen LogP contribution in [0.3, 0.4) is 0 Å². The molecular formula is C20H23N3O3S. The van der Waals surface area contributed by atoms with E-state index in [4.69, 9.17) is 4.42 Å². The summed E-state index contributed by atoms with van der Waals surface area (Å²) in [6.45, 7) is 2.74. The van der Waals surface area contributed by atoms with Crippen LogP contribution in [0.4, 0.5) is 0 Å². The van der Waals surface area contributed by atoms with E-state index in [2.05, 4.69) is 9.55 Å². The van der Waals surface area contributed by atoms with Gasteiger partial charge in [0.25, 0.3) is 5.91 Å². The minimum Gasteiger partial charge on any atom is -0.467 e. The van der Waals surface area contributed by atoms with Gasteiger partial charge in [-0.25, -0.2) is 4.98 Å². The lowest BCUT2D eigenvalue weighted by Gasteiger charge is -2.25. The number of rotatable bonds is 5. The Morgan fingerprint density at radius 3 is 3.00 bits per heavy atom. The molecule has 0 saturated carbocycles. The number of amides is 1. The summed E-state index contributed by atoms with van der Waals surface area (Å²) < 4.78 is 7.36. The van der Waals surface area contributed by atoms with Gasteiger partial charge in [-0.3, -0.25) is 4.79 Å². The predicted octanol–water partition coefficient (Wildman–Crippen LogP) is 3.78. The third-order valence-electron chi connectivity index (χ3n) is 5.32. The van der Waals surface area contributed by atoms with Crippen LogP contribution in [0.15, 0.2) is 40.3 Å². The maximum Gasteiger partial charge on any atom is 0.273 e. The molecule has 1 amide bonds. The minimum atomic E-state index is -0.698. The highest BCUT2D eigenvalue weighted by Crippen LogP contribution is 2.30. The van der Waals surface area contributed by atoms with Gasteiger partial charge in [-0.15, -0.1) is 11.3 Å². The van der Waals surface area contributed by atoms with Crippen molar-refractivity contribution in [3.8, 4) is 10.7 Å². The Bertz CT molecular complexity index is 928. The van der Waals surface area contributed by atoms with Crippen LogP contribution in [0.1, 0.15) is 47.3 Å². The first kappa shape index (κ1) is 18.0. The average molecular weight is 385 g/mol. The summed E-state index contributed by atoms with van der Waals surface area (Å²) in [5.41, 5.74) is 2.65. The van der Waals surface area contributed by atoms with Gasteiger partial charge in [0.2, 0.25) is 0 Å². The molecule has 7 heteroatoms. The SMILES string of the molecule is Cc1ccc(-c2nc(C(=O)N3CCC[C@H]3C[C@H](O)c3ccco3)cs2)n1C. The number of furan rings is 1. The maximum atomic E-state index is 13.0. The fourth-order valence-corrected chi connectivity index (χ4v) is 4.52. The van der Waals surface area contributed by atoms with Gasteiger partial charge in [0.05, 0.1) is 12.0 Å². The Balaban J connectivity index is 1.49. The van der Waals surface area contributed by atoms with Crippen molar-refractivity contribution in [1.82, 2.24) is 14.5 Å². The van der Waals surface area contributed by atoms with E-state index in [-0.39, 0.29) is 11.9 Å². The molecule has 0 unspecified atom stereocenters. The normalized spacial score (nSPS) is 18.2. The van der Waals surface area contributed by atoms with Gasteiger partial charge in [-0.2, -0.15) is 0 Å². The Morgan fingerprint density at radius 2 is 2.30 bits per heavy atom. The second kappa shape index (κ2) is 7.32. The first-order valence-corrected chi connectivity index (χ1v) is 10.0. The first-order valence-electron chi connectivity index (χ1n) is 9.15.